The number of rotatable bonds is 8. The molecule has 0 aliphatic carbocycles. The van der Waals surface area contributed by atoms with Crippen molar-refractivity contribution in [3.63, 3.8) is 0 Å². The van der Waals surface area contributed by atoms with E-state index in [4.69, 9.17) is 14.5 Å². The van der Waals surface area contributed by atoms with E-state index in [2.05, 4.69) is 11.6 Å². The minimum absolute atomic E-state index is 0.00209. The normalized spacial score (nSPS) is 21.7. The summed E-state index contributed by atoms with van der Waals surface area (Å²) in [7, 11) is -3.81. The first kappa shape index (κ1) is 27.8. The first-order chi connectivity index (χ1) is 18.6. The van der Waals surface area contributed by atoms with Crippen LogP contribution >= 0.6 is 23.1 Å². The number of sulfonamides is 1. The van der Waals surface area contributed by atoms with Crippen LogP contribution in [0.2, 0.25) is 0 Å². The molecule has 2 aliphatic heterocycles. The second-order valence-electron chi connectivity index (χ2n) is 9.81. The van der Waals surface area contributed by atoms with Crippen LogP contribution in [0.3, 0.4) is 0 Å². The molecule has 39 heavy (non-hydrogen) atoms. The smallest absolute Gasteiger partial charge is 0.409 e. The molecular weight excluding hydrogens is 557 g/mol. The summed E-state index contributed by atoms with van der Waals surface area (Å²) in [5, 5.41) is 3.66. The highest BCUT2D eigenvalue weighted by molar-refractivity contribution is 8.15. The minimum Gasteiger partial charge on any atom is -0.449 e. The van der Waals surface area contributed by atoms with Crippen molar-refractivity contribution in [1.82, 2.24) is 9.88 Å². The molecule has 1 fully saturated rings. The zero-order valence-corrected chi connectivity index (χ0v) is 24.6. The third-order valence-corrected chi connectivity index (χ3v) is 11.0. The topological polar surface area (TPSA) is 104 Å². The van der Waals surface area contributed by atoms with Crippen molar-refractivity contribution in [2.24, 2.45) is 4.99 Å². The number of aromatic nitrogens is 1. The molecule has 5 rings (SSSR count). The number of thiophene rings is 1. The van der Waals surface area contributed by atoms with Crippen LogP contribution in [0.1, 0.15) is 32.9 Å². The van der Waals surface area contributed by atoms with Crippen LogP contribution in [-0.2, 0) is 19.5 Å². The van der Waals surface area contributed by atoms with E-state index in [1.54, 1.807) is 47.2 Å². The quantitative estimate of drug-likeness (QED) is 0.375. The number of aromatic amines is 1. The zero-order chi connectivity index (χ0) is 27.7. The molecular formula is C27H32N4O5S3. The third kappa shape index (κ3) is 5.88. The van der Waals surface area contributed by atoms with E-state index >= 15 is 0 Å². The summed E-state index contributed by atoms with van der Waals surface area (Å²) >= 11 is 2.81. The van der Waals surface area contributed by atoms with Gasteiger partial charge in [-0.1, -0.05) is 36.5 Å². The molecule has 1 amide bonds. The molecule has 1 saturated heterocycles. The van der Waals surface area contributed by atoms with Crippen molar-refractivity contribution in [3.8, 4) is 0 Å². The molecule has 12 heteroatoms. The lowest BCUT2D eigenvalue weighted by Gasteiger charge is -2.34. The van der Waals surface area contributed by atoms with Crippen molar-refractivity contribution in [3.05, 3.63) is 59.7 Å². The number of benzene rings is 1. The van der Waals surface area contributed by atoms with Crippen molar-refractivity contribution in [1.29, 1.82) is 0 Å². The number of ether oxygens (including phenoxy) is 2. The summed E-state index contributed by atoms with van der Waals surface area (Å²) in [6.45, 7) is 11.6. The summed E-state index contributed by atoms with van der Waals surface area (Å²) in [4.78, 5) is 22.3. The van der Waals surface area contributed by atoms with Gasteiger partial charge in [-0.25, -0.2) is 9.10 Å². The van der Waals surface area contributed by atoms with Gasteiger partial charge in [0.1, 0.15) is 9.25 Å². The second kappa shape index (κ2) is 11.4. The van der Waals surface area contributed by atoms with Gasteiger partial charge in [0.15, 0.2) is 0 Å². The van der Waals surface area contributed by atoms with Gasteiger partial charge in [0.25, 0.3) is 10.0 Å². The molecule has 1 aromatic carbocycles. The van der Waals surface area contributed by atoms with E-state index in [0.717, 1.165) is 16.1 Å². The molecule has 2 aromatic heterocycles. The number of para-hydroxylation sites is 1. The number of morpholine rings is 1. The number of carbonyl (C=O) groups is 1. The molecule has 208 valence electrons. The number of hydrogen-bond acceptors (Lipinski definition) is 8. The van der Waals surface area contributed by atoms with E-state index in [9.17, 15) is 13.2 Å². The van der Waals surface area contributed by atoms with Gasteiger partial charge in [-0.15, -0.1) is 11.3 Å². The van der Waals surface area contributed by atoms with Gasteiger partial charge < -0.3 is 19.4 Å². The van der Waals surface area contributed by atoms with Crippen LogP contribution in [0.15, 0.2) is 63.3 Å². The predicted molar refractivity (Wildman–Crippen MR) is 157 cm³/mol. The Balaban J connectivity index is 1.26. The molecule has 0 spiro atoms. The highest BCUT2D eigenvalue weighted by Gasteiger charge is 2.30. The number of aliphatic imine (C=N–C) groups is 1. The van der Waals surface area contributed by atoms with E-state index < -0.39 is 10.0 Å². The SMILES string of the molecule is C=C(C)N(c1cccc2cc(C3=NCC(CCOC(=O)N4C[C@@H](C)O[C@@H](C)C4)S3)[nH]c12)S(=O)(=O)c1cccs1. The maximum Gasteiger partial charge on any atom is 0.409 e. The van der Waals surface area contributed by atoms with Crippen LogP contribution in [0.25, 0.3) is 10.9 Å². The first-order valence-electron chi connectivity index (χ1n) is 12.8. The lowest BCUT2D eigenvalue weighted by atomic mass is 10.2. The number of allylic oxidation sites excluding steroid dienone is 1. The van der Waals surface area contributed by atoms with E-state index in [0.29, 0.717) is 49.6 Å². The van der Waals surface area contributed by atoms with Gasteiger partial charge in [0.05, 0.1) is 55.3 Å². The number of H-pyrrole nitrogens is 1. The van der Waals surface area contributed by atoms with Crippen molar-refractivity contribution >= 4 is 60.8 Å². The van der Waals surface area contributed by atoms with Gasteiger partial charge in [-0.2, -0.15) is 8.42 Å². The van der Waals surface area contributed by atoms with Gasteiger partial charge in [-0.3, -0.25) is 4.99 Å². The number of thioether (sulfide) groups is 1. The Morgan fingerprint density at radius 2 is 2.03 bits per heavy atom. The number of anilines is 1. The Morgan fingerprint density at radius 1 is 1.26 bits per heavy atom. The van der Waals surface area contributed by atoms with Crippen molar-refractivity contribution in [2.45, 2.75) is 48.9 Å². The largest absolute Gasteiger partial charge is 0.449 e. The number of carbonyl (C=O) groups excluding carboxylic acids is 1. The highest BCUT2D eigenvalue weighted by atomic mass is 32.2. The van der Waals surface area contributed by atoms with Crippen LogP contribution in [0, 0.1) is 0 Å². The second-order valence-corrected chi connectivity index (χ2v) is 14.1. The van der Waals surface area contributed by atoms with Crippen molar-refractivity contribution in [2.75, 3.05) is 30.5 Å². The van der Waals surface area contributed by atoms with Gasteiger partial charge in [-0.05, 0) is 50.8 Å². The number of nitrogens with zero attached hydrogens (tertiary/aromatic N) is 3. The third-order valence-electron chi connectivity index (χ3n) is 6.48. The standard InChI is InChI=1S/C27H32N4O5S3/c1-17(2)31(39(33,34)24-9-6-12-37-24)23-8-5-7-20-13-22(29-25(20)23)26-28-14-21(38-26)10-11-35-27(32)30-15-18(3)36-19(4)16-30/h5-9,12-13,18-19,21,29H,1,10-11,14-16H2,2-4H3/t18-,19+,21?. The molecule has 1 N–H and O–H groups in total. The van der Waals surface area contributed by atoms with E-state index in [1.165, 1.54) is 15.6 Å². The Morgan fingerprint density at radius 3 is 2.72 bits per heavy atom. The highest BCUT2D eigenvalue weighted by Crippen LogP contribution is 2.36. The van der Waals surface area contributed by atoms with Gasteiger partial charge in [0.2, 0.25) is 0 Å². The molecule has 9 nitrogen and oxygen atoms in total. The van der Waals surface area contributed by atoms with E-state index in [-0.39, 0.29) is 27.8 Å². The maximum atomic E-state index is 13.5. The fourth-order valence-corrected chi connectivity index (χ4v) is 8.52. The average Bonchev–Trinajstić information content (AvgIpc) is 3.64. The Labute approximate surface area is 236 Å². The summed E-state index contributed by atoms with van der Waals surface area (Å²) in [5.74, 6) is 0. The molecule has 1 unspecified atom stereocenters. The van der Waals surface area contributed by atoms with Crippen LogP contribution in [0.5, 0.6) is 0 Å². The maximum absolute atomic E-state index is 13.5. The summed E-state index contributed by atoms with van der Waals surface area (Å²) < 4.78 is 39.7. The summed E-state index contributed by atoms with van der Waals surface area (Å²) in [6.07, 6.45) is 0.381. The Kier molecular flexibility index (Phi) is 8.08. The number of nitrogens with one attached hydrogen (secondary N) is 1. The van der Waals surface area contributed by atoms with Crippen molar-refractivity contribution < 1.29 is 22.7 Å². The first-order valence-corrected chi connectivity index (χ1v) is 16.0. The molecule has 2 aliphatic rings. The van der Waals surface area contributed by atoms with E-state index in [1.807, 2.05) is 32.0 Å². The predicted octanol–water partition coefficient (Wildman–Crippen LogP) is 5.46. The van der Waals surface area contributed by atoms with Gasteiger partial charge in [0, 0.05) is 16.3 Å². The molecule has 3 aromatic rings. The lowest BCUT2D eigenvalue weighted by Crippen LogP contribution is -2.48. The van der Waals surface area contributed by atoms with Crippen LogP contribution in [-0.4, -0.2) is 73.1 Å². The molecule has 3 atom stereocenters. The van der Waals surface area contributed by atoms with Crippen LogP contribution in [0.4, 0.5) is 10.5 Å². The lowest BCUT2D eigenvalue weighted by molar-refractivity contribution is -0.0638. The minimum atomic E-state index is -3.81. The van der Waals surface area contributed by atoms with Gasteiger partial charge >= 0.3 is 6.09 Å². The number of hydrogen-bond donors (Lipinski definition) is 1. The molecule has 4 heterocycles. The number of fused-ring (bicyclic) bond motifs is 1. The number of amides is 1. The fraction of sp³-hybridized carbons (Fsp3) is 0.407. The molecule has 0 saturated carbocycles. The fourth-order valence-electron chi connectivity index (χ4n) is 4.88. The summed E-state index contributed by atoms with van der Waals surface area (Å²) in [5.41, 5.74) is 2.44. The molecule has 0 radical (unpaired) electrons. The Hall–Kier alpha value is -2.80. The average molecular weight is 589 g/mol. The summed E-state index contributed by atoms with van der Waals surface area (Å²) in [6, 6.07) is 10.9. The van der Waals surface area contributed by atoms with Crippen LogP contribution < -0.4 is 4.31 Å². The zero-order valence-electron chi connectivity index (χ0n) is 22.1. The Bertz CT molecular complexity index is 1490. The monoisotopic (exact) mass is 588 g/mol. The molecule has 0 bridgehead atoms.